The number of carbonyl (C=O) groups is 3. The molecule has 0 saturated heterocycles. The molecule has 0 heterocycles. The maximum absolute atomic E-state index is 10.6. The van der Waals surface area contributed by atoms with Gasteiger partial charge in [0.05, 0.1) is 5.92 Å². The second-order valence-corrected chi connectivity index (χ2v) is 3.01. The molecule has 3 N–H and O–H groups in total. The Kier molecular flexibility index (Phi) is 4.66. The van der Waals surface area contributed by atoms with E-state index >= 15 is 0 Å². The Labute approximate surface area is 119 Å². The van der Waals surface area contributed by atoms with Crippen molar-refractivity contribution in [3.8, 4) is 0 Å². The van der Waals surface area contributed by atoms with Gasteiger partial charge in [0.2, 0.25) is 0 Å². The van der Waals surface area contributed by atoms with E-state index in [1.807, 2.05) is 0 Å². The van der Waals surface area contributed by atoms with Gasteiger partial charge >= 0.3 is 66.8 Å². The average Bonchev–Trinajstić information content (AvgIpc) is 1.80. The van der Waals surface area contributed by atoms with Gasteiger partial charge in [-0.25, -0.2) is 0 Å². The van der Waals surface area contributed by atoms with Gasteiger partial charge in [-0.1, -0.05) is 0 Å². The molecule has 0 bridgehead atoms. The summed E-state index contributed by atoms with van der Waals surface area (Å²) in [4.78, 5) is 31.7. The van der Waals surface area contributed by atoms with Gasteiger partial charge in [-0.15, -0.1) is 0 Å². The molecule has 1 rings (SSSR count). The second kappa shape index (κ2) is 4.67. The molecular weight excluding hydrogens is 317 g/mol. The van der Waals surface area contributed by atoms with Gasteiger partial charge in [-0.3, -0.25) is 14.4 Å². The molecule has 1 aliphatic rings. The van der Waals surface area contributed by atoms with Gasteiger partial charge in [0, 0.05) is 0 Å². The first-order chi connectivity index (χ1) is 5.93. The Hall–Kier alpha value is -0.0186. The van der Waals surface area contributed by atoms with E-state index in [9.17, 15) is 14.4 Å². The molecular formula is C7H8BaO6+2. The van der Waals surface area contributed by atoms with E-state index < -0.39 is 29.2 Å². The summed E-state index contributed by atoms with van der Waals surface area (Å²) in [5, 5.41) is 25.8. The minimum absolute atomic E-state index is 0. The summed E-state index contributed by atoms with van der Waals surface area (Å²) in [6, 6.07) is 0. The number of hydrogen-bond donors (Lipinski definition) is 3. The van der Waals surface area contributed by atoms with Crippen LogP contribution < -0.4 is 0 Å². The maximum Gasteiger partial charge on any atom is 2.00 e. The molecule has 7 heteroatoms. The summed E-state index contributed by atoms with van der Waals surface area (Å²) >= 11 is 0. The van der Waals surface area contributed by atoms with E-state index in [1.54, 1.807) is 0 Å². The smallest absolute Gasteiger partial charge is 0.481 e. The van der Waals surface area contributed by atoms with Gasteiger partial charge in [0.1, 0.15) is 0 Å². The number of carboxylic acids is 3. The van der Waals surface area contributed by atoms with Crippen LogP contribution in [-0.2, 0) is 14.4 Å². The summed E-state index contributed by atoms with van der Waals surface area (Å²) in [6.45, 7) is 0. The zero-order valence-electron chi connectivity index (χ0n) is 7.27. The van der Waals surface area contributed by atoms with Crippen LogP contribution in [0.15, 0.2) is 0 Å². The fraction of sp³-hybridized carbons (Fsp3) is 0.571. The largest absolute Gasteiger partial charge is 2.00 e. The van der Waals surface area contributed by atoms with Crippen LogP contribution in [0.5, 0.6) is 0 Å². The standard InChI is InChI=1S/C7H8O6.Ba/c8-4(9)3-1-2-7(3,5(10)11)6(12)13;/h3H,1-2H2,(H,8,9)(H,10,11)(H,12,13);/q;+2. The topological polar surface area (TPSA) is 112 Å². The first kappa shape index (κ1) is 14.0. The van der Waals surface area contributed by atoms with Gasteiger partial charge in [0.15, 0.2) is 5.41 Å². The monoisotopic (exact) mass is 326 g/mol. The number of rotatable bonds is 3. The zero-order valence-corrected chi connectivity index (χ0v) is 11.7. The van der Waals surface area contributed by atoms with E-state index in [4.69, 9.17) is 15.3 Å². The second-order valence-electron chi connectivity index (χ2n) is 3.01. The van der Waals surface area contributed by atoms with Crippen LogP contribution in [0.2, 0.25) is 0 Å². The summed E-state index contributed by atoms with van der Waals surface area (Å²) in [5.74, 6) is -5.81. The molecule has 72 valence electrons. The van der Waals surface area contributed by atoms with Gasteiger partial charge in [0.25, 0.3) is 0 Å². The Bertz CT molecular complexity index is 272. The normalized spacial score (nSPS) is 22.7. The van der Waals surface area contributed by atoms with Crippen LogP contribution in [-0.4, -0.2) is 82.1 Å². The average molecular weight is 325 g/mol. The third-order valence-electron chi connectivity index (χ3n) is 2.48. The van der Waals surface area contributed by atoms with Crippen molar-refractivity contribution in [2.24, 2.45) is 11.3 Å². The van der Waals surface area contributed by atoms with E-state index in [1.165, 1.54) is 0 Å². The van der Waals surface area contributed by atoms with E-state index in [-0.39, 0.29) is 61.7 Å². The van der Waals surface area contributed by atoms with Crippen LogP contribution in [0.25, 0.3) is 0 Å². The zero-order chi connectivity index (χ0) is 10.2. The Morgan fingerprint density at radius 2 is 1.50 bits per heavy atom. The molecule has 1 saturated carbocycles. The Balaban J connectivity index is 0.00000169. The molecule has 6 nitrogen and oxygen atoms in total. The van der Waals surface area contributed by atoms with Crippen molar-refractivity contribution >= 4 is 66.8 Å². The van der Waals surface area contributed by atoms with Gasteiger partial charge in [-0.05, 0) is 12.8 Å². The first-order valence-corrected chi connectivity index (χ1v) is 3.62. The summed E-state index contributed by atoms with van der Waals surface area (Å²) in [5.41, 5.74) is -2.11. The van der Waals surface area contributed by atoms with Gasteiger partial charge < -0.3 is 15.3 Å². The fourth-order valence-corrected chi connectivity index (χ4v) is 1.52. The van der Waals surface area contributed by atoms with E-state index in [0.717, 1.165) is 0 Å². The minimum Gasteiger partial charge on any atom is -0.481 e. The van der Waals surface area contributed by atoms with E-state index in [0.29, 0.717) is 0 Å². The summed E-state index contributed by atoms with van der Waals surface area (Å²) in [7, 11) is 0. The SMILES string of the molecule is O=C(O)C1CCC1(C(=O)O)C(=O)O.[Ba+2]. The third kappa shape index (κ3) is 1.85. The first-order valence-electron chi connectivity index (χ1n) is 3.62. The van der Waals surface area contributed by atoms with E-state index in [2.05, 4.69) is 0 Å². The molecule has 0 aromatic carbocycles. The summed E-state index contributed by atoms with van der Waals surface area (Å²) < 4.78 is 0. The van der Waals surface area contributed by atoms with Crippen molar-refractivity contribution in [3.05, 3.63) is 0 Å². The minimum atomic E-state index is -2.11. The molecule has 0 spiro atoms. The van der Waals surface area contributed by atoms with Crippen LogP contribution >= 0.6 is 0 Å². The molecule has 1 fully saturated rings. The molecule has 14 heavy (non-hydrogen) atoms. The van der Waals surface area contributed by atoms with Crippen molar-refractivity contribution in [3.63, 3.8) is 0 Å². The van der Waals surface area contributed by atoms with Crippen LogP contribution in [0.3, 0.4) is 0 Å². The maximum atomic E-state index is 10.6. The predicted molar refractivity (Wildman–Crippen MR) is 43.8 cm³/mol. The van der Waals surface area contributed by atoms with Crippen molar-refractivity contribution in [1.29, 1.82) is 0 Å². The molecule has 1 unspecified atom stereocenters. The van der Waals surface area contributed by atoms with Crippen molar-refractivity contribution in [2.45, 2.75) is 12.8 Å². The molecule has 0 aliphatic heterocycles. The predicted octanol–water partition coefficient (Wildman–Crippen LogP) is -0.744. The number of carboxylic acid groups (broad SMARTS) is 3. The summed E-state index contributed by atoms with van der Waals surface area (Å²) in [6.07, 6.45) is -0.0113. The number of aliphatic carboxylic acids is 3. The molecule has 0 amide bonds. The Morgan fingerprint density at radius 3 is 1.57 bits per heavy atom. The third-order valence-corrected chi connectivity index (χ3v) is 2.48. The molecule has 0 aromatic rings. The Morgan fingerprint density at radius 1 is 1.07 bits per heavy atom. The fourth-order valence-electron chi connectivity index (χ4n) is 1.52. The van der Waals surface area contributed by atoms with Crippen molar-refractivity contribution in [1.82, 2.24) is 0 Å². The van der Waals surface area contributed by atoms with Crippen LogP contribution in [0, 0.1) is 11.3 Å². The van der Waals surface area contributed by atoms with Crippen LogP contribution in [0.4, 0.5) is 0 Å². The number of hydrogen-bond acceptors (Lipinski definition) is 3. The van der Waals surface area contributed by atoms with Gasteiger partial charge in [-0.2, -0.15) is 0 Å². The quantitative estimate of drug-likeness (QED) is 0.465. The molecule has 1 aliphatic carbocycles. The van der Waals surface area contributed by atoms with Crippen molar-refractivity contribution in [2.75, 3.05) is 0 Å². The molecule has 1 atom stereocenters. The molecule has 0 radical (unpaired) electrons. The van der Waals surface area contributed by atoms with Crippen molar-refractivity contribution < 1.29 is 29.7 Å². The van der Waals surface area contributed by atoms with Crippen LogP contribution in [0.1, 0.15) is 12.8 Å². The molecule has 0 aromatic heterocycles.